The van der Waals surface area contributed by atoms with E-state index in [1.54, 1.807) is 25.1 Å². The highest BCUT2D eigenvalue weighted by atomic mass is 16.5. The Morgan fingerprint density at radius 3 is 2.48 bits per heavy atom. The second-order valence-electron chi connectivity index (χ2n) is 6.22. The van der Waals surface area contributed by atoms with Crippen molar-refractivity contribution in [3.8, 4) is 11.4 Å². The molecule has 1 aromatic heterocycles. The molecular weight excluding hydrogens is 372 g/mol. The lowest BCUT2D eigenvalue weighted by Gasteiger charge is -2.15. The molecule has 0 radical (unpaired) electrons. The van der Waals surface area contributed by atoms with E-state index >= 15 is 0 Å². The van der Waals surface area contributed by atoms with Crippen LogP contribution >= 0.6 is 0 Å². The fourth-order valence-electron chi connectivity index (χ4n) is 2.60. The van der Waals surface area contributed by atoms with Crippen LogP contribution in [0.1, 0.15) is 30.0 Å². The van der Waals surface area contributed by atoms with Gasteiger partial charge in [-0.3, -0.25) is 4.79 Å². The van der Waals surface area contributed by atoms with Gasteiger partial charge in [-0.2, -0.15) is 9.90 Å². The van der Waals surface area contributed by atoms with Crippen LogP contribution in [0.25, 0.3) is 5.69 Å². The third-order valence-corrected chi connectivity index (χ3v) is 4.06. The molecule has 29 heavy (non-hydrogen) atoms. The normalized spacial score (nSPS) is 11.6. The van der Waals surface area contributed by atoms with Crippen molar-refractivity contribution in [2.45, 2.75) is 26.9 Å². The van der Waals surface area contributed by atoms with Crippen LogP contribution in [-0.2, 0) is 9.53 Å². The Morgan fingerprint density at radius 1 is 1.07 bits per heavy atom. The summed E-state index contributed by atoms with van der Waals surface area (Å²) >= 11 is 0. The number of ether oxygens (including phenoxy) is 2. The Kier molecular flexibility index (Phi) is 6.23. The van der Waals surface area contributed by atoms with Gasteiger partial charge in [0.15, 0.2) is 11.8 Å². The zero-order valence-electron chi connectivity index (χ0n) is 16.5. The molecule has 0 saturated heterocycles. The lowest BCUT2D eigenvalue weighted by molar-refractivity contribution is -0.123. The minimum atomic E-state index is -1.03. The number of nitrogens with one attached hydrogen (secondary N) is 1. The Balaban J connectivity index is 1.68. The first-order valence-corrected chi connectivity index (χ1v) is 9.22. The van der Waals surface area contributed by atoms with Gasteiger partial charge in [0.2, 0.25) is 0 Å². The number of amides is 1. The maximum Gasteiger partial charge on any atom is 0.361 e. The maximum absolute atomic E-state index is 12.5. The number of rotatable bonds is 7. The fourth-order valence-corrected chi connectivity index (χ4v) is 2.60. The van der Waals surface area contributed by atoms with Gasteiger partial charge in [0.1, 0.15) is 5.75 Å². The number of anilines is 1. The highest BCUT2D eigenvalue weighted by molar-refractivity contribution is 5.97. The van der Waals surface area contributed by atoms with Crippen molar-refractivity contribution >= 4 is 17.6 Å². The lowest BCUT2D eigenvalue weighted by Crippen LogP contribution is -2.30. The van der Waals surface area contributed by atoms with E-state index in [0.29, 0.717) is 29.4 Å². The fraction of sp³-hybridized carbons (Fsp3) is 0.238. The molecule has 3 aromatic rings. The molecule has 2 aromatic carbocycles. The van der Waals surface area contributed by atoms with E-state index in [1.807, 2.05) is 43.3 Å². The number of hydrogen-bond donors (Lipinski definition) is 1. The van der Waals surface area contributed by atoms with E-state index in [2.05, 4.69) is 15.5 Å². The van der Waals surface area contributed by atoms with Crippen molar-refractivity contribution in [2.75, 3.05) is 11.9 Å². The molecule has 1 N–H and O–H groups in total. The van der Waals surface area contributed by atoms with Gasteiger partial charge in [-0.25, -0.2) is 4.79 Å². The Labute approximate surface area is 168 Å². The van der Waals surface area contributed by atoms with Gasteiger partial charge in [0, 0.05) is 0 Å². The van der Waals surface area contributed by atoms with Crippen LogP contribution in [0.4, 0.5) is 5.69 Å². The molecule has 1 heterocycles. The number of carbonyl (C=O) groups excluding carboxylic acids is 2. The van der Waals surface area contributed by atoms with E-state index in [9.17, 15) is 9.59 Å². The number of nitrogens with zero attached hydrogens (tertiary/aromatic N) is 3. The van der Waals surface area contributed by atoms with Gasteiger partial charge >= 0.3 is 5.97 Å². The van der Waals surface area contributed by atoms with Crippen molar-refractivity contribution < 1.29 is 19.1 Å². The Morgan fingerprint density at radius 2 is 1.76 bits per heavy atom. The largest absolute Gasteiger partial charge is 0.492 e. The Hall–Kier alpha value is -3.68. The van der Waals surface area contributed by atoms with Gasteiger partial charge in [-0.05, 0) is 45.0 Å². The molecular formula is C21H22N4O4. The summed E-state index contributed by atoms with van der Waals surface area (Å²) in [6.07, 6.45) is -1.03. The summed E-state index contributed by atoms with van der Waals surface area (Å²) in [5.74, 6) is -0.646. The van der Waals surface area contributed by atoms with Crippen LogP contribution in [0.15, 0.2) is 54.6 Å². The summed E-state index contributed by atoms with van der Waals surface area (Å²) in [5.41, 5.74) is 1.69. The summed E-state index contributed by atoms with van der Waals surface area (Å²) in [6, 6.07) is 16.3. The van der Waals surface area contributed by atoms with Crippen molar-refractivity contribution in [2.24, 2.45) is 0 Å². The van der Waals surface area contributed by atoms with Crippen LogP contribution < -0.4 is 10.1 Å². The molecule has 0 spiro atoms. The van der Waals surface area contributed by atoms with Crippen LogP contribution in [0.2, 0.25) is 0 Å². The molecule has 0 aliphatic heterocycles. The van der Waals surface area contributed by atoms with Gasteiger partial charge in [-0.1, -0.05) is 30.3 Å². The average molecular weight is 394 g/mol. The van der Waals surface area contributed by atoms with Crippen molar-refractivity contribution in [1.29, 1.82) is 0 Å². The molecule has 0 aliphatic carbocycles. The van der Waals surface area contributed by atoms with Crippen LogP contribution in [0.5, 0.6) is 5.75 Å². The summed E-state index contributed by atoms with van der Waals surface area (Å²) in [4.78, 5) is 26.3. The first-order chi connectivity index (χ1) is 14.0. The van der Waals surface area contributed by atoms with E-state index in [0.717, 1.165) is 0 Å². The number of carbonyl (C=O) groups is 2. The molecule has 0 fully saturated rings. The average Bonchev–Trinajstić information content (AvgIpc) is 3.12. The standard InChI is InChI=1S/C21H22N4O4/c1-4-28-18-13-9-8-12-17(18)22-20(26)15(3)29-21(27)19-14(2)23-25(24-19)16-10-6-5-7-11-16/h5-13,15H,4H2,1-3H3,(H,22,26)/t15-/m1/s1. The third-order valence-electron chi connectivity index (χ3n) is 4.06. The van der Waals surface area contributed by atoms with Crippen molar-refractivity contribution in [3.63, 3.8) is 0 Å². The topological polar surface area (TPSA) is 95.3 Å². The zero-order valence-corrected chi connectivity index (χ0v) is 16.5. The second-order valence-corrected chi connectivity index (χ2v) is 6.22. The van der Waals surface area contributed by atoms with Crippen LogP contribution in [0.3, 0.4) is 0 Å². The van der Waals surface area contributed by atoms with Crippen LogP contribution in [0, 0.1) is 6.92 Å². The molecule has 3 rings (SSSR count). The van der Waals surface area contributed by atoms with Crippen molar-refractivity contribution in [3.05, 3.63) is 66.0 Å². The number of esters is 1. The van der Waals surface area contributed by atoms with Crippen molar-refractivity contribution in [1.82, 2.24) is 15.0 Å². The number of hydrogen-bond acceptors (Lipinski definition) is 6. The highest BCUT2D eigenvalue weighted by Gasteiger charge is 2.24. The Bertz CT molecular complexity index is 1000. The van der Waals surface area contributed by atoms with E-state index in [-0.39, 0.29) is 5.69 Å². The number of aromatic nitrogens is 3. The first-order valence-electron chi connectivity index (χ1n) is 9.22. The van der Waals surface area contributed by atoms with E-state index < -0.39 is 18.0 Å². The quantitative estimate of drug-likeness (QED) is 0.619. The lowest BCUT2D eigenvalue weighted by atomic mass is 10.2. The molecule has 0 aliphatic rings. The first kappa shape index (κ1) is 20.1. The number of aryl methyl sites for hydroxylation is 1. The summed E-state index contributed by atoms with van der Waals surface area (Å²) < 4.78 is 10.8. The SMILES string of the molecule is CCOc1ccccc1NC(=O)[C@@H](C)OC(=O)c1nn(-c2ccccc2)nc1C. The zero-order chi connectivity index (χ0) is 20.8. The number of benzene rings is 2. The summed E-state index contributed by atoms with van der Waals surface area (Å²) in [5, 5.41) is 11.2. The molecule has 0 saturated carbocycles. The molecule has 0 bridgehead atoms. The minimum Gasteiger partial charge on any atom is -0.492 e. The molecule has 0 unspecified atom stereocenters. The van der Waals surface area contributed by atoms with E-state index in [4.69, 9.17) is 9.47 Å². The predicted molar refractivity (Wildman–Crippen MR) is 107 cm³/mol. The molecule has 8 nitrogen and oxygen atoms in total. The van der Waals surface area contributed by atoms with Gasteiger partial charge < -0.3 is 14.8 Å². The maximum atomic E-state index is 12.5. The monoisotopic (exact) mass is 394 g/mol. The van der Waals surface area contributed by atoms with Gasteiger partial charge in [0.25, 0.3) is 5.91 Å². The van der Waals surface area contributed by atoms with Gasteiger partial charge in [0.05, 0.1) is 23.7 Å². The van der Waals surface area contributed by atoms with Crippen LogP contribution in [-0.4, -0.2) is 39.6 Å². The number of para-hydroxylation sites is 3. The second kappa shape index (κ2) is 9.01. The molecule has 1 amide bonds. The third kappa shape index (κ3) is 4.78. The predicted octanol–water partition coefficient (Wildman–Crippen LogP) is 3.16. The smallest absolute Gasteiger partial charge is 0.361 e. The molecule has 1 atom stereocenters. The minimum absolute atomic E-state index is 0.0585. The molecule has 150 valence electrons. The summed E-state index contributed by atoms with van der Waals surface area (Å²) in [6.45, 7) is 5.47. The highest BCUT2D eigenvalue weighted by Crippen LogP contribution is 2.24. The van der Waals surface area contributed by atoms with E-state index in [1.165, 1.54) is 11.7 Å². The summed E-state index contributed by atoms with van der Waals surface area (Å²) in [7, 11) is 0. The molecule has 8 heteroatoms. The van der Waals surface area contributed by atoms with Gasteiger partial charge in [-0.15, -0.1) is 5.10 Å².